The first-order chi connectivity index (χ1) is 6.04. The molecule has 1 rings (SSSR count). The molecule has 2 atom stereocenters. The Hall–Kier alpha value is -0.100. The minimum absolute atomic E-state index is 0.123. The molecule has 0 spiro atoms. The smallest absolute Gasteiger partial charge is 0.150 e. The normalized spacial score (nSPS) is 15.2. The fraction of sp³-hybridized carbons (Fsp3) is 0. The van der Waals surface area contributed by atoms with Crippen molar-refractivity contribution in [3.05, 3.63) is 18.2 Å². The van der Waals surface area contributed by atoms with Crippen LogP contribution in [0.5, 0.6) is 0 Å². The molecule has 0 bridgehead atoms. The summed E-state index contributed by atoms with van der Waals surface area (Å²) in [4.78, 5) is 0.313. The van der Waals surface area contributed by atoms with Gasteiger partial charge in [0.1, 0.15) is 10.0 Å². The highest BCUT2D eigenvalue weighted by atomic mass is 35.7. The van der Waals surface area contributed by atoms with Gasteiger partial charge in [-0.2, -0.15) is 0 Å². The van der Waals surface area contributed by atoms with Crippen LogP contribution in [0.1, 0.15) is 0 Å². The molecule has 7 heteroatoms. The SMILES string of the molecule is Nc1cccc(S(=O)Cl)c1S(=O)Cl. The fourth-order valence-electron chi connectivity index (χ4n) is 0.831. The van der Waals surface area contributed by atoms with Gasteiger partial charge < -0.3 is 5.73 Å². The number of nitrogen functional groups attached to an aromatic ring is 1. The van der Waals surface area contributed by atoms with E-state index in [-0.39, 0.29) is 15.5 Å². The summed E-state index contributed by atoms with van der Waals surface area (Å²) in [7, 11) is 7.15. The molecular formula is C6H5Cl2NO2S2. The Morgan fingerprint density at radius 1 is 1.15 bits per heavy atom. The summed E-state index contributed by atoms with van der Waals surface area (Å²) in [5.41, 5.74) is 5.71. The average molecular weight is 258 g/mol. The van der Waals surface area contributed by atoms with Crippen LogP contribution in [0.15, 0.2) is 28.0 Å². The van der Waals surface area contributed by atoms with E-state index in [9.17, 15) is 8.42 Å². The van der Waals surface area contributed by atoms with E-state index in [0.717, 1.165) is 0 Å². The summed E-state index contributed by atoms with van der Waals surface area (Å²) >= 11 is 0. The first-order valence-corrected chi connectivity index (χ1v) is 7.03. The molecule has 0 radical (unpaired) electrons. The maximum absolute atomic E-state index is 11.0. The Bertz CT molecular complexity index is 383. The van der Waals surface area contributed by atoms with Gasteiger partial charge in [-0.1, -0.05) is 6.07 Å². The molecule has 0 amide bonds. The predicted molar refractivity (Wildman–Crippen MR) is 55.4 cm³/mol. The van der Waals surface area contributed by atoms with Crippen LogP contribution < -0.4 is 5.73 Å². The van der Waals surface area contributed by atoms with Crippen LogP contribution in [0.2, 0.25) is 0 Å². The van der Waals surface area contributed by atoms with E-state index in [1.807, 2.05) is 0 Å². The number of nitrogens with two attached hydrogens (primary N) is 1. The minimum atomic E-state index is -1.80. The van der Waals surface area contributed by atoms with Gasteiger partial charge >= 0.3 is 0 Å². The maximum Gasteiger partial charge on any atom is 0.150 e. The molecule has 2 N–H and O–H groups in total. The Morgan fingerprint density at radius 2 is 1.77 bits per heavy atom. The Kier molecular flexibility index (Phi) is 3.73. The molecule has 0 saturated heterocycles. The summed E-state index contributed by atoms with van der Waals surface area (Å²) in [5, 5.41) is 0. The van der Waals surface area contributed by atoms with Crippen molar-refractivity contribution in [3.63, 3.8) is 0 Å². The zero-order chi connectivity index (χ0) is 10.0. The lowest BCUT2D eigenvalue weighted by molar-refractivity contribution is 0.684. The van der Waals surface area contributed by atoms with Crippen molar-refractivity contribution < 1.29 is 8.42 Å². The van der Waals surface area contributed by atoms with Crippen molar-refractivity contribution in [2.24, 2.45) is 0 Å². The van der Waals surface area contributed by atoms with Gasteiger partial charge in [-0.3, -0.25) is 0 Å². The Morgan fingerprint density at radius 3 is 2.15 bits per heavy atom. The number of hydrogen-bond acceptors (Lipinski definition) is 3. The van der Waals surface area contributed by atoms with Crippen molar-refractivity contribution >= 4 is 47.1 Å². The number of halogens is 2. The lowest BCUT2D eigenvalue weighted by Gasteiger charge is -2.04. The molecular weight excluding hydrogens is 253 g/mol. The molecule has 1 aromatic carbocycles. The number of benzene rings is 1. The van der Waals surface area contributed by atoms with E-state index in [1.54, 1.807) is 6.07 Å². The van der Waals surface area contributed by atoms with E-state index in [4.69, 9.17) is 27.1 Å². The van der Waals surface area contributed by atoms with E-state index >= 15 is 0 Å². The van der Waals surface area contributed by atoms with E-state index in [2.05, 4.69) is 0 Å². The van der Waals surface area contributed by atoms with Crippen LogP contribution in [0.4, 0.5) is 5.69 Å². The molecule has 72 valence electrons. The van der Waals surface area contributed by atoms with E-state index < -0.39 is 20.0 Å². The molecule has 0 heterocycles. The van der Waals surface area contributed by atoms with Gasteiger partial charge in [-0.25, -0.2) is 8.42 Å². The van der Waals surface area contributed by atoms with Crippen molar-refractivity contribution in [2.75, 3.05) is 5.73 Å². The molecule has 0 aliphatic heterocycles. The molecule has 0 fully saturated rings. The van der Waals surface area contributed by atoms with Crippen LogP contribution >= 0.6 is 21.4 Å². The highest BCUT2D eigenvalue weighted by molar-refractivity contribution is 8.11. The number of hydrogen-bond donors (Lipinski definition) is 1. The molecule has 13 heavy (non-hydrogen) atoms. The van der Waals surface area contributed by atoms with Gasteiger partial charge in [0.25, 0.3) is 0 Å². The van der Waals surface area contributed by atoms with Gasteiger partial charge in [0.15, 0.2) is 10.0 Å². The van der Waals surface area contributed by atoms with Gasteiger partial charge in [-0.05, 0) is 33.5 Å². The zero-order valence-corrected chi connectivity index (χ0v) is 9.34. The average Bonchev–Trinajstić information content (AvgIpc) is 2.02. The fourth-order valence-corrected chi connectivity index (χ4v) is 3.39. The van der Waals surface area contributed by atoms with Gasteiger partial charge in [-0.15, -0.1) is 0 Å². The van der Waals surface area contributed by atoms with Crippen LogP contribution in [-0.4, -0.2) is 8.42 Å². The third-order valence-corrected chi connectivity index (χ3v) is 3.90. The van der Waals surface area contributed by atoms with Crippen molar-refractivity contribution in [2.45, 2.75) is 9.79 Å². The molecule has 1 aromatic rings. The third kappa shape index (κ3) is 2.43. The molecule has 0 saturated carbocycles. The van der Waals surface area contributed by atoms with Gasteiger partial charge in [0, 0.05) is 0 Å². The molecule has 0 aliphatic carbocycles. The Balaban J connectivity index is 3.43. The largest absolute Gasteiger partial charge is 0.398 e. The predicted octanol–water partition coefficient (Wildman–Crippen LogP) is 1.79. The minimum Gasteiger partial charge on any atom is -0.398 e. The van der Waals surface area contributed by atoms with E-state index in [0.29, 0.717) is 0 Å². The summed E-state index contributed by atoms with van der Waals surface area (Å²) in [6, 6.07) is 4.55. The summed E-state index contributed by atoms with van der Waals surface area (Å²) in [6.07, 6.45) is 0. The summed E-state index contributed by atoms with van der Waals surface area (Å²) < 4.78 is 21.9. The topological polar surface area (TPSA) is 60.2 Å². The van der Waals surface area contributed by atoms with Crippen LogP contribution in [0, 0.1) is 0 Å². The van der Waals surface area contributed by atoms with Crippen molar-refractivity contribution in [1.82, 2.24) is 0 Å². The Labute approximate surface area is 89.1 Å². The van der Waals surface area contributed by atoms with E-state index in [1.165, 1.54) is 12.1 Å². The lowest BCUT2D eigenvalue weighted by atomic mass is 10.3. The molecule has 3 nitrogen and oxygen atoms in total. The number of rotatable bonds is 2. The quantitative estimate of drug-likeness (QED) is 0.649. The third-order valence-electron chi connectivity index (χ3n) is 1.34. The van der Waals surface area contributed by atoms with Crippen molar-refractivity contribution in [3.8, 4) is 0 Å². The highest BCUT2D eigenvalue weighted by Crippen LogP contribution is 2.27. The van der Waals surface area contributed by atoms with Crippen LogP contribution in [0.25, 0.3) is 0 Å². The molecule has 2 unspecified atom stereocenters. The second-order valence-corrected chi connectivity index (χ2v) is 5.55. The number of anilines is 1. The van der Waals surface area contributed by atoms with Crippen LogP contribution in [-0.2, 0) is 20.0 Å². The second-order valence-electron chi connectivity index (χ2n) is 2.12. The summed E-state index contributed by atoms with van der Waals surface area (Å²) in [5.74, 6) is 0. The standard InChI is InChI=1S/C6H5Cl2NO2S2/c7-12(10)5-3-1-2-4(9)6(5)13(8)11/h1-3H,9H2. The first kappa shape index (κ1) is 11.0. The van der Waals surface area contributed by atoms with Gasteiger partial charge in [0.2, 0.25) is 0 Å². The first-order valence-electron chi connectivity index (χ1n) is 3.08. The lowest BCUT2D eigenvalue weighted by Crippen LogP contribution is -1.98. The monoisotopic (exact) mass is 257 g/mol. The zero-order valence-electron chi connectivity index (χ0n) is 6.20. The highest BCUT2D eigenvalue weighted by Gasteiger charge is 2.15. The van der Waals surface area contributed by atoms with Crippen molar-refractivity contribution in [1.29, 1.82) is 0 Å². The second kappa shape index (κ2) is 4.41. The maximum atomic E-state index is 11.0. The van der Waals surface area contributed by atoms with Gasteiger partial charge in [0.05, 0.1) is 15.5 Å². The molecule has 0 aliphatic rings. The summed E-state index contributed by atoms with van der Waals surface area (Å²) in [6.45, 7) is 0. The molecule has 0 aromatic heterocycles. The van der Waals surface area contributed by atoms with Crippen LogP contribution in [0.3, 0.4) is 0 Å².